The first-order chi connectivity index (χ1) is 10.4. The summed E-state index contributed by atoms with van der Waals surface area (Å²) in [6, 6.07) is 6.29. The molecule has 22 heavy (non-hydrogen) atoms. The van der Waals surface area contributed by atoms with E-state index in [1.807, 2.05) is 0 Å². The maximum Gasteiger partial charge on any atom is 0.242 e. The summed E-state index contributed by atoms with van der Waals surface area (Å²) in [4.78, 5) is 12.1. The molecule has 0 radical (unpaired) electrons. The molecule has 0 saturated heterocycles. The summed E-state index contributed by atoms with van der Waals surface area (Å²) in [5.41, 5.74) is 0.633. The van der Waals surface area contributed by atoms with Crippen molar-refractivity contribution in [1.82, 2.24) is 4.31 Å². The minimum absolute atomic E-state index is 0.00452. The van der Waals surface area contributed by atoms with Gasteiger partial charge in [-0.15, -0.1) is 0 Å². The molecule has 0 atom stereocenters. The summed E-state index contributed by atoms with van der Waals surface area (Å²) in [5, 5.41) is 2.83. The van der Waals surface area contributed by atoms with Crippen molar-refractivity contribution in [1.29, 1.82) is 0 Å². The highest BCUT2D eigenvalue weighted by molar-refractivity contribution is 7.89. The van der Waals surface area contributed by atoms with Crippen LogP contribution in [-0.2, 0) is 14.8 Å². The minimum atomic E-state index is -3.42. The van der Waals surface area contributed by atoms with Gasteiger partial charge in [-0.1, -0.05) is 25.7 Å². The third kappa shape index (κ3) is 4.30. The highest BCUT2D eigenvalue weighted by Crippen LogP contribution is 2.28. The molecule has 5 nitrogen and oxygen atoms in total. The monoisotopic (exact) mass is 324 g/mol. The van der Waals surface area contributed by atoms with Crippen molar-refractivity contribution in [2.24, 2.45) is 5.92 Å². The van der Waals surface area contributed by atoms with Gasteiger partial charge >= 0.3 is 0 Å². The molecule has 1 aromatic carbocycles. The Morgan fingerprint density at radius 1 is 1.18 bits per heavy atom. The van der Waals surface area contributed by atoms with Crippen LogP contribution in [0.1, 0.15) is 38.5 Å². The molecule has 1 N–H and O–H groups in total. The van der Waals surface area contributed by atoms with Gasteiger partial charge in [0.25, 0.3) is 0 Å². The highest BCUT2D eigenvalue weighted by atomic mass is 32.2. The average molecular weight is 324 g/mol. The Morgan fingerprint density at radius 3 is 2.32 bits per heavy atom. The Kier molecular flexibility index (Phi) is 5.58. The second-order valence-corrected chi connectivity index (χ2v) is 8.20. The number of anilines is 1. The van der Waals surface area contributed by atoms with Gasteiger partial charge in [0.2, 0.25) is 15.9 Å². The van der Waals surface area contributed by atoms with Crippen LogP contribution < -0.4 is 5.32 Å². The number of carbonyl (C=O) groups excluding carboxylic acids is 1. The summed E-state index contributed by atoms with van der Waals surface area (Å²) in [7, 11) is -0.435. The molecule has 1 aromatic rings. The van der Waals surface area contributed by atoms with Crippen LogP contribution in [-0.4, -0.2) is 32.7 Å². The van der Waals surface area contributed by atoms with Gasteiger partial charge in [0, 0.05) is 26.2 Å². The number of rotatable bonds is 6. The first-order valence-electron chi connectivity index (χ1n) is 7.72. The molecule has 0 heterocycles. The third-order valence-electron chi connectivity index (χ3n) is 4.17. The van der Waals surface area contributed by atoms with Crippen molar-refractivity contribution >= 4 is 21.6 Å². The molecule has 6 heteroatoms. The number of carbonyl (C=O) groups is 1. The van der Waals surface area contributed by atoms with Gasteiger partial charge in [-0.2, -0.15) is 0 Å². The second-order valence-electron chi connectivity index (χ2n) is 6.05. The van der Waals surface area contributed by atoms with E-state index in [2.05, 4.69) is 5.32 Å². The fraction of sp³-hybridized carbons (Fsp3) is 0.562. The molecular weight excluding hydrogens is 300 g/mol. The van der Waals surface area contributed by atoms with Crippen molar-refractivity contribution in [3.63, 3.8) is 0 Å². The first kappa shape index (κ1) is 17.0. The van der Waals surface area contributed by atoms with Gasteiger partial charge in [-0.3, -0.25) is 4.79 Å². The molecule has 0 unspecified atom stereocenters. The summed E-state index contributed by atoms with van der Waals surface area (Å²) in [5.74, 6) is 0.688. The smallest absolute Gasteiger partial charge is 0.242 e. The van der Waals surface area contributed by atoms with Gasteiger partial charge in [-0.25, -0.2) is 12.7 Å². The summed E-state index contributed by atoms with van der Waals surface area (Å²) >= 11 is 0. The van der Waals surface area contributed by atoms with E-state index in [0.29, 0.717) is 18.0 Å². The van der Waals surface area contributed by atoms with Crippen molar-refractivity contribution in [3.8, 4) is 0 Å². The molecule has 2 rings (SSSR count). The lowest BCUT2D eigenvalue weighted by molar-refractivity contribution is -0.116. The summed E-state index contributed by atoms with van der Waals surface area (Å²) < 4.78 is 25.1. The van der Waals surface area contributed by atoms with Gasteiger partial charge < -0.3 is 5.32 Å². The Bertz CT molecular complexity index is 603. The predicted octanol–water partition coefficient (Wildman–Crippen LogP) is 2.85. The fourth-order valence-corrected chi connectivity index (χ4v) is 3.68. The quantitative estimate of drug-likeness (QED) is 0.875. The maximum atomic E-state index is 12.0. The van der Waals surface area contributed by atoms with E-state index in [1.54, 1.807) is 12.1 Å². The van der Waals surface area contributed by atoms with Crippen LogP contribution in [0.15, 0.2) is 29.2 Å². The van der Waals surface area contributed by atoms with E-state index >= 15 is 0 Å². The van der Waals surface area contributed by atoms with Crippen LogP contribution in [0.3, 0.4) is 0 Å². The van der Waals surface area contributed by atoms with Gasteiger partial charge in [0.1, 0.15) is 0 Å². The molecule has 1 saturated carbocycles. The van der Waals surface area contributed by atoms with Crippen LogP contribution in [0, 0.1) is 5.92 Å². The topological polar surface area (TPSA) is 66.5 Å². The number of hydrogen-bond donors (Lipinski definition) is 1. The lowest BCUT2D eigenvalue weighted by Crippen LogP contribution is -2.22. The molecule has 122 valence electrons. The number of amides is 1. The zero-order valence-corrected chi connectivity index (χ0v) is 14.0. The number of sulfonamides is 1. The SMILES string of the molecule is CN(C)S(=O)(=O)c1ccc(NC(=O)CCC2CCCC2)cc1. The van der Waals surface area contributed by atoms with Crippen molar-refractivity contribution in [2.75, 3.05) is 19.4 Å². The Balaban J connectivity index is 1.89. The fourth-order valence-electron chi connectivity index (χ4n) is 2.78. The molecule has 1 fully saturated rings. The van der Waals surface area contributed by atoms with Crippen LogP contribution in [0.25, 0.3) is 0 Å². The predicted molar refractivity (Wildman–Crippen MR) is 87.1 cm³/mol. The highest BCUT2D eigenvalue weighted by Gasteiger charge is 2.18. The zero-order chi connectivity index (χ0) is 16.2. The molecule has 0 spiro atoms. The molecule has 0 aliphatic heterocycles. The number of hydrogen-bond acceptors (Lipinski definition) is 3. The standard InChI is InChI=1S/C16H24N2O3S/c1-18(2)22(20,21)15-10-8-14(9-11-15)17-16(19)12-7-13-5-3-4-6-13/h8-11,13H,3-7,12H2,1-2H3,(H,17,19). The molecule has 0 bridgehead atoms. The minimum Gasteiger partial charge on any atom is -0.326 e. The second kappa shape index (κ2) is 7.24. The summed E-state index contributed by atoms with van der Waals surface area (Å²) in [6.07, 6.45) is 6.53. The Morgan fingerprint density at radius 2 is 1.77 bits per heavy atom. The molecule has 0 aromatic heterocycles. The van der Waals surface area contributed by atoms with E-state index in [4.69, 9.17) is 0 Å². The third-order valence-corrected chi connectivity index (χ3v) is 6.00. The Hall–Kier alpha value is -1.40. The molecule has 1 aliphatic carbocycles. The maximum absolute atomic E-state index is 12.0. The van der Waals surface area contributed by atoms with E-state index < -0.39 is 10.0 Å². The molecule has 1 amide bonds. The van der Waals surface area contributed by atoms with Crippen LogP contribution in [0.4, 0.5) is 5.69 Å². The van der Waals surface area contributed by atoms with Crippen molar-refractivity contribution in [3.05, 3.63) is 24.3 Å². The van der Waals surface area contributed by atoms with E-state index in [0.717, 1.165) is 6.42 Å². The number of nitrogens with zero attached hydrogens (tertiary/aromatic N) is 1. The van der Waals surface area contributed by atoms with E-state index in [-0.39, 0.29) is 10.8 Å². The van der Waals surface area contributed by atoms with Crippen LogP contribution >= 0.6 is 0 Å². The largest absolute Gasteiger partial charge is 0.326 e. The first-order valence-corrected chi connectivity index (χ1v) is 9.16. The number of nitrogens with one attached hydrogen (secondary N) is 1. The number of benzene rings is 1. The van der Waals surface area contributed by atoms with Crippen LogP contribution in [0.5, 0.6) is 0 Å². The van der Waals surface area contributed by atoms with Crippen LogP contribution in [0.2, 0.25) is 0 Å². The lowest BCUT2D eigenvalue weighted by atomic mass is 10.0. The van der Waals surface area contributed by atoms with Gasteiger partial charge in [0.05, 0.1) is 4.90 Å². The average Bonchev–Trinajstić information content (AvgIpc) is 2.99. The van der Waals surface area contributed by atoms with Crippen molar-refractivity contribution in [2.45, 2.75) is 43.4 Å². The Labute approximate surface area is 132 Å². The van der Waals surface area contributed by atoms with Gasteiger partial charge in [-0.05, 0) is 36.6 Å². The summed E-state index contributed by atoms with van der Waals surface area (Å²) in [6.45, 7) is 0. The molecular formula is C16H24N2O3S. The lowest BCUT2D eigenvalue weighted by Gasteiger charge is -2.12. The van der Waals surface area contributed by atoms with Gasteiger partial charge in [0.15, 0.2) is 0 Å². The normalized spacial score (nSPS) is 16.1. The van der Waals surface area contributed by atoms with Crippen molar-refractivity contribution < 1.29 is 13.2 Å². The zero-order valence-electron chi connectivity index (χ0n) is 13.2. The van der Waals surface area contributed by atoms with E-state index in [1.165, 1.54) is 56.2 Å². The molecule has 1 aliphatic rings. The van der Waals surface area contributed by atoms with E-state index in [9.17, 15) is 13.2 Å².